The van der Waals surface area contributed by atoms with Gasteiger partial charge < -0.3 is 10.0 Å². The van der Waals surface area contributed by atoms with Crippen LogP contribution in [0.1, 0.15) is 42.2 Å². The van der Waals surface area contributed by atoms with E-state index in [9.17, 15) is 5.11 Å². The van der Waals surface area contributed by atoms with Crippen molar-refractivity contribution in [3.8, 4) is 5.75 Å². The van der Waals surface area contributed by atoms with E-state index >= 15 is 0 Å². The van der Waals surface area contributed by atoms with Crippen LogP contribution in [0.2, 0.25) is 5.02 Å². The first-order chi connectivity index (χ1) is 16.1. The van der Waals surface area contributed by atoms with E-state index in [4.69, 9.17) is 11.6 Å². The molecule has 1 heterocycles. The van der Waals surface area contributed by atoms with E-state index in [1.54, 1.807) is 18.0 Å². The van der Waals surface area contributed by atoms with Gasteiger partial charge >= 0.3 is 0 Å². The van der Waals surface area contributed by atoms with Gasteiger partial charge in [-0.1, -0.05) is 66.2 Å². The second-order valence-corrected chi connectivity index (χ2v) is 10.6. The highest BCUT2D eigenvalue weighted by atomic mass is 35.5. The number of hydrogen-bond donors (Lipinski definition) is 1. The van der Waals surface area contributed by atoms with E-state index < -0.39 is 0 Å². The van der Waals surface area contributed by atoms with Gasteiger partial charge in [0.05, 0.1) is 5.02 Å². The van der Waals surface area contributed by atoms with Crippen molar-refractivity contribution < 1.29 is 5.11 Å². The van der Waals surface area contributed by atoms with Crippen LogP contribution in [0, 0.1) is 0 Å². The second-order valence-electron chi connectivity index (χ2n) is 8.94. The predicted molar refractivity (Wildman–Crippen MR) is 140 cm³/mol. The Hall–Kier alpha value is -1.98. The maximum absolute atomic E-state index is 9.90. The van der Waals surface area contributed by atoms with Gasteiger partial charge in [0.2, 0.25) is 0 Å². The van der Waals surface area contributed by atoms with E-state index in [1.165, 1.54) is 28.9 Å². The molecule has 1 aliphatic rings. The lowest BCUT2D eigenvalue weighted by atomic mass is 9.89. The zero-order chi connectivity index (χ0) is 23.0. The fraction of sp³-hybridized carbons (Fsp3) is 0.357. The highest BCUT2D eigenvalue weighted by molar-refractivity contribution is 7.97. The molecule has 1 fully saturated rings. The molecule has 0 aromatic heterocycles. The molecule has 1 N–H and O–H groups in total. The minimum absolute atomic E-state index is 0.147. The molecule has 0 saturated carbocycles. The highest BCUT2D eigenvalue weighted by Crippen LogP contribution is 2.33. The van der Waals surface area contributed by atoms with Crippen LogP contribution in [0.3, 0.4) is 0 Å². The Bertz CT molecular complexity index is 993. The zero-order valence-electron chi connectivity index (χ0n) is 19.2. The van der Waals surface area contributed by atoms with Crippen molar-refractivity contribution in [2.45, 2.75) is 36.0 Å². The summed E-state index contributed by atoms with van der Waals surface area (Å²) in [6.45, 7) is 4.30. The van der Waals surface area contributed by atoms with E-state index in [0.29, 0.717) is 16.9 Å². The number of piperidine rings is 1. The fourth-order valence-electron chi connectivity index (χ4n) is 4.70. The molecule has 0 amide bonds. The normalized spacial score (nSPS) is 16.2. The molecule has 0 radical (unpaired) electrons. The number of likely N-dealkylation sites (tertiary alicyclic amines) is 1. The molecule has 5 heteroatoms. The van der Waals surface area contributed by atoms with Crippen LogP contribution in [0.5, 0.6) is 5.75 Å². The quantitative estimate of drug-likeness (QED) is 0.332. The second kappa shape index (κ2) is 11.9. The van der Waals surface area contributed by atoms with Gasteiger partial charge in [-0.25, -0.2) is 4.31 Å². The molecule has 0 spiro atoms. The van der Waals surface area contributed by atoms with Crippen molar-refractivity contribution in [1.82, 2.24) is 9.21 Å². The zero-order valence-corrected chi connectivity index (χ0v) is 20.8. The topological polar surface area (TPSA) is 26.7 Å². The third kappa shape index (κ3) is 7.00. The minimum Gasteiger partial charge on any atom is -0.506 e. The molecular formula is C28H33ClN2OS. The van der Waals surface area contributed by atoms with Gasteiger partial charge in [-0.3, -0.25) is 0 Å². The number of aromatic hydroxyl groups is 1. The Morgan fingerprint density at radius 2 is 1.67 bits per heavy atom. The lowest BCUT2D eigenvalue weighted by Gasteiger charge is -2.33. The average molecular weight is 481 g/mol. The molecule has 174 valence electrons. The molecule has 4 rings (SSSR count). The number of halogens is 1. The Balaban J connectivity index is 1.37. The number of hydrogen-bond acceptors (Lipinski definition) is 4. The summed E-state index contributed by atoms with van der Waals surface area (Å²) in [7, 11) is 2.15. The van der Waals surface area contributed by atoms with Crippen LogP contribution in [-0.2, 0) is 0 Å². The Morgan fingerprint density at radius 1 is 1.00 bits per heavy atom. The van der Waals surface area contributed by atoms with Crippen LogP contribution in [-0.4, -0.2) is 47.5 Å². The summed E-state index contributed by atoms with van der Waals surface area (Å²) in [5, 5.41) is 10.3. The Kier molecular flexibility index (Phi) is 8.74. The number of phenols is 1. The molecule has 3 aromatic carbocycles. The van der Waals surface area contributed by atoms with Crippen LogP contribution < -0.4 is 0 Å². The van der Waals surface area contributed by atoms with Gasteiger partial charge in [0, 0.05) is 11.4 Å². The van der Waals surface area contributed by atoms with Crippen molar-refractivity contribution in [2.75, 3.05) is 33.2 Å². The van der Waals surface area contributed by atoms with Crippen LogP contribution >= 0.6 is 23.5 Å². The third-order valence-electron chi connectivity index (χ3n) is 6.58. The van der Waals surface area contributed by atoms with Crippen molar-refractivity contribution >= 4 is 23.5 Å². The molecule has 1 unspecified atom stereocenters. The highest BCUT2D eigenvalue weighted by Gasteiger charge is 2.22. The minimum atomic E-state index is 0.147. The SMILES string of the molecule is CN(CC(CCN1CCC(c2ccccc2)CC1)c1ccc(O)c(Cl)c1)Sc1ccccc1. The largest absolute Gasteiger partial charge is 0.506 e. The molecule has 33 heavy (non-hydrogen) atoms. The summed E-state index contributed by atoms with van der Waals surface area (Å²) in [4.78, 5) is 3.85. The van der Waals surface area contributed by atoms with Gasteiger partial charge in [-0.15, -0.1) is 0 Å². The smallest absolute Gasteiger partial charge is 0.134 e. The maximum atomic E-state index is 9.90. The van der Waals surface area contributed by atoms with Crippen LogP contribution in [0.25, 0.3) is 0 Å². The lowest BCUT2D eigenvalue weighted by molar-refractivity contribution is 0.203. The number of nitrogens with zero attached hydrogens (tertiary/aromatic N) is 2. The number of likely N-dealkylation sites (N-methyl/N-ethyl adjacent to an activating group) is 1. The first kappa shape index (κ1) is 24.2. The number of benzene rings is 3. The lowest BCUT2D eigenvalue weighted by Crippen LogP contribution is -2.35. The maximum Gasteiger partial charge on any atom is 0.134 e. The third-order valence-corrected chi connectivity index (χ3v) is 7.82. The summed E-state index contributed by atoms with van der Waals surface area (Å²) in [6, 6.07) is 27.1. The van der Waals surface area contributed by atoms with Crippen molar-refractivity contribution in [3.05, 3.63) is 95.0 Å². The average Bonchev–Trinajstić information content (AvgIpc) is 2.85. The number of phenolic OH excluding ortho intramolecular Hbond substituents is 1. The van der Waals surface area contributed by atoms with Gasteiger partial charge in [-0.2, -0.15) is 0 Å². The molecule has 0 aliphatic carbocycles. The van der Waals surface area contributed by atoms with Crippen molar-refractivity contribution in [3.63, 3.8) is 0 Å². The summed E-state index contributed by atoms with van der Waals surface area (Å²) < 4.78 is 2.31. The molecule has 1 atom stereocenters. The molecular weight excluding hydrogens is 448 g/mol. The Morgan fingerprint density at radius 3 is 2.33 bits per heavy atom. The van der Waals surface area contributed by atoms with Crippen LogP contribution in [0.4, 0.5) is 0 Å². The molecule has 1 aliphatic heterocycles. The first-order valence-electron chi connectivity index (χ1n) is 11.8. The molecule has 3 nitrogen and oxygen atoms in total. The fourth-order valence-corrected chi connectivity index (χ4v) is 5.79. The van der Waals surface area contributed by atoms with Gasteiger partial charge in [0.15, 0.2) is 0 Å². The van der Waals surface area contributed by atoms with E-state index in [2.05, 4.69) is 70.9 Å². The monoisotopic (exact) mass is 480 g/mol. The summed E-state index contributed by atoms with van der Waals surface area (Å²) in [6.07, 6.45) is 3.52. The van der Waals surface area contributed by atoms with E-state index in [0.717, 1.165) is 32.6 Å². The van der Waals surface area contributed by atoms with Crippen molar-refractivity contribution in [1.29, 1.82) is 0 Å². The van der Waals surface area contributed by atoms with Gasteiger partial charge in [0.1, 0.15) is 5.75 Å². The molecule has 3 aromatic rings. The predicted octanol–water partition coefficient (Wildman–Crippen LogP) is 7.04. The van der Waals surface area contributed by atoms with Gasteiger partial charge in [0.25, 0.3) is 0 Å². The Labute approximate surface area is 207 Å². The van der Waals surface area contributed by atoms with Crippen LogP contribution in [0.15, 0.2) is 83.8 Å². The summed E-state index contributed by atoms with van der Waals surface area (Å²) in [5.74, 6) is 1.17. The number of rotatable bonds is 9. The van der Waals surface area contributed by atoms with E-state index in [1.807, 2.05) is 18.2 Å². The van der Waals surface area contributed by atoms with E-state index in [-0.39, 0.29) is 5.75 Å². The van der Waals surface area contributed by atoms with Crippen molar-refractivity contribution in [2.24, 2.45) is 0 Å². The standard InChI is InChI=1S/C28H33ClN2OS/c1-30(33-26-10-6-3-7-11-26)21-25(24-12-13-28(32)27(29)20-24)16-19-31-17-14-23(15-18-31)22-8-4-2-5-9-22/h2-13,20,23,25,32H,14-19,21H2,1H3. The van der Waals surface area contributed by atoms with Gasteiger partial charge in [-0.05, 0) is 105 Å². The first-order valence-corrected chi connectivity index (χ1v) is 12.9. The summed E-state index contributed by atoms with van der Waals surface area (Å²) >= 11 is 8.04. The molecule has 1 saturated heterocycles. The molecule has 0 bridgehead atoms. The summed E-state index contributed by atoms with van der Waals surface area (Å²) in [5.41, 5.74) is 2.67.